The van der Waals surface area contributed by atoms with Crippen LogP contribution < -0.4 is 0 Å². The van der Waals surface area contributed by atoms with Crippen molar-refractivity contribution in [1.29, 1.82) is 0 Å². The van der Waals surface area contributed by atoms with Crippen LogP contribution in [0.15, 0.2) is 0 Å². The SMILES string of the molecule is CCCC(CC)OP(=O)(O)C1CCCCC1. The minimum Gasteiger partial charge on any atom is -0.324 e. The van der Waals surface area contributed by atoms with E-state index >= 15 is 0 Å². The molecule has 0 aromatic heterocycles. The van der Waals surface area contributed by atoms with Crippen molar-refractivity contribution in [3.8, 4) is 0 Å². The zero-order chi connectivity index (χ0) is 12.0. The molecular weight excluding hydrogens is 223 g/mol. The van der Waals surface area contributed by atoms with E-state index in [2.05, 4.69) is 6.92 Å². The predicted molar refractivity (Wildman–Crippen MR) is 66.8 cm³/mol. The topological polar surface area (TPSA) is 46.5 Å². The Morgan fingerprint density at radius 1 is 1.31 bits per heavy atom. The van der Waals surface area contributed by atoms with Gasteiger partial charge in [0.25, 0.3) is 0 Å². The minimum absolute atomic E-state index is 0.0391. The first-order valence-electron chi connectivity index (χ1n) is 6.61. The molecule has 0 bridgehead atoms. The highest BCUT2D eigenvalue weighted by molar-refractivity contribution is 7.53. The molecular formula is C12H25O3P. The average molecular weight is 248 g/mol. The molecule has 0 aliphatic heterocycles. The smallest absolute Gasteiger partial charge is 0.324 e. The van der Waals surface area contributed by atoms with Crippen LogP contribution in [-0.4, -0.2) is 16.7 Å². The largest absolute Gasteiger partial charge is 0.331 e. The van der Waals surface area contributed by atoms with Crippen LogP contribution in [-0.2, 0) is 9.09 Å². The first-order valence-corrected chi connectivity index (χ1v) is 8.25. The molecule has 0 aromatic rings. The molecule has 4 heteroatoms. The summed E-state index contributed by atoms with van der Waals surface area (Å²) in [7, 11) is -3.37. The quantitative estimate of drug-likeness (QED) is 0.720. The lowest BCUT2D eigenvalue weighted by Crippen LogP contribution is -2.19. The van der Waals surface area contributed by atoms with Crippen molar-refractivity contribution in [3.05, 3.63) is 0 Å². The van der Waals surface area contributed by atoms with E-state index in [-0.39, 0.29) is 11.8 Å². The lowest BCUT2D eigenvalue weighted by Gasteiger charge is -2.28. The Bertz CT molecular complexity index is 236. The van der Waals surface area contributed by atoms with Crippen LogP contribution in [0.25, 0.3) is 0 Å². The molecule has 2 atom stereocenters. The summed E-state index contributed by atoms with van der Waals surface area (Å²) in [5, 5.41) is 0. The normalized spacial score (nSPS) is 23.9. The second-order valence-electron chi connectivity index (χ2n) is 4.78. The molecule has 0 radical (unpaired) electrons. The molecule has 1 N–H and O–H groups in total. The van der Waals surface area contributed by atoms with Crippen LogP contribution in [0, 0.1) is 0 Å². The summed E-state index contributed by atoms with van der Waals surface area (Å²) in [4.78, 5) is 10.0. The molecule has 1 aliphatic carbocycles. The van der Waals surface area contributed by atoms with E-state index in [0.29, 0.717) is 0 Å². The highest BCUT2D eigenvalue weighted by Gasteiger charge is 2.35. The Hall–Kier alpha value is 0.150. The molecule has 0 amide bonds. The molecule has 0 aromatic carbocycles. The fourth-order valence-corrected chi connectivity index (χ4v) is 4.23. The Morgan fingerprint density at radius 2 is 1.94 bits per heavy atom. The van der Waals surface area contributed by atoms with Crippen LogP contribution in [0.2, 0.25) is 0 Å². The van der Waals surface area contributed by atoms with E-state index in [1.54, 1.807) is 0 Å². The van der Waals surface area contributed by atoms with Gasteiger partial charge >= 0.3 is 7.60 Å². The summed E-state index contributed by atoms with van der Waals surface area (Å²) in [6.45, 7) is 4.09. The minimum atomic E-state index is -3.37. The van der Waals surface area contributed by atoms with Crippen molar-refractivity contribution in [3.63, 3.8) is 0 Å². The maximum absolute atomic E-state index is 12.1. The molecule has 96 valence electrons. The van der Waals surface area contributed by atoms with Crippen LogP contribution in [0.3, 0.4) is 0 Å². The Balaban J connectivity index is 2.50. The maximum atomic E-state index is 12.1. The van der Waals surface area contributed by atoms with Gasteiger partial charge in [0.2, 0.25) is 0 Å². The van der Waals surface area contributed by atoms with Crippen LogP contribution in [0.1, 0.15) is 65.2 Å². The number of rotatable bonds is 6. The van der Waals surface area contributed by atoms with Crippen LogP contribution in [0.5, 0.6) is 0 Å². The Morgan fingerprint density at radius 3 is 2.44 bits per heavy atom. The van der Waals surface area contributed by atoms with Gasteiger partial charge in [-0.25, -0.2) is 0 Å². The van der Waals surface area contributed by atoms with Crippen LogP contribution >= 0.6 is 7.60 Å². The molecule has 1 fully saturated rings. The zero-order valence-electron chi connectivity index (χ0n) is 10.5. The van der Waals surface area contributed by atoms with Gasteiger partial charge in [0.15, 0.2) is 0 Å². The molecule has 3 nitrogen and oxygen atoms in total. The first kappa shape index (κ1) is 14.2. The summed E-state index contributed by atoms with van der Waals surface area (Å²) in [5.41, 5.74) is -0.104. The van der Waals surface area contributed by atoms with Gasteiger partial charge in [-0.2, -0.15) is 0 Å². The van der Waals surface area contributed by atoms with E-state index in [1.165, 1.54) is 6.42 Å². The van der Waals surface area contributed by atoms with Gasteiger partial charge in [-0.3, -0.25) is 4.57 Å². The van der Waals surface area contributed by atoms with Gasteiger partial charge in [0.05, 0.1) is 11.8 Å². The Labute approximate surface area is 99.1 Å². The zero-order valence-corrected chi connectivity index (χ0v) is 11.4. The lowest BCUT2D eigenvalue weighted by molar-refractivity contribution is 0.152. The number of hydrogen-bond donors (Lipinski definition) is 1. The third-order valence-electron chi connectivity index (χ3n) is 3.40. The van der Waals surface area contributed by atoms with Crippen molar-refractivity contribution >= 4 is 7.60 Å². The molecule has 1 aliphatic rings. The number of hydrogen-bond acceptors (Lipinski definition) is 2. The fourth-order valence-electron chi connectivity index (χ4n) is 2.36. The summed E-state index contributed by atoms with van der Waals surface area (Å²) in [5.74, 6) is 0. The van der Waals surface area contributed by atoms with Gasteiger partial charge in [-0.05, 0) is 25.7 Å². The van der Waals surface area contributed by atoms with E-state index in [1.807, 2.05) is 6.92 Å². The van der Waals surface area contributed by atoms with E-state index in [9.17, 15) is 9.46 Å². The predicted octanol–water partition coefficient (Wildman–Crippen LogP) is 4.10. The van der Waals surface area contributed by atoms with Crippen LogP contribution in [0.4, 0.5) is 0 Å². The van der Waals surface area contributed by atoms with E-state index < -0.39 is 7.60 Å². The van der Waals surface area contributed by atoms with Crippen molar-refractivity contribution in [1.82, 2.24) is 0 Å². The summed E-state index contributed by atoms with van der Waals surface area (Å²) < 4.78 is 17.6. The summed E-state index contributed by atoms with van der Waals surface area (Å²) in [6, 6.07) is 0. The van der Waals surface area contributed by atoms with Crippen molar-refractivity contribution in [2.24, 2.45) is 0 Å². The first-order chi connectivity index (χ1) is 7.60. The third kappa shape index (κ3) is 4.20. The van der Waals surface area contributed by atoms with E-state index in [0.717, 1.165) is 44.9 Å². The molecule has 1 rings (SSSR count). The van der Waals surface area contributed by atoms with Gasteiger partial charge < -0.3 is 9.42 Å². The second kappa shape index (κ2) is 6.78. The van der Waals surface area contributed by atoms with Crippen molar-refractivity contribution in [2.45, 2.75) is 77.0 Å². The molecule has 0 spiro atoms. The van der Waals surface area contributed by atoms with Gasteiger partial charge in [0, 0.05) is 0 Å². The fraction of sp³-hybridized carbons (Fsp3) is 1.00. The summed E-state index contributed by atoms with van der Waals surface area (Å²) >= 11 is 0. The average Bonchev–Trinajstić information content (AvgIpc) is 2.29. The highest BCUT2D eigenvalue weighted by Crippen LogP contribution is 2.54. The maximum Gasteiger partial charge on any atom is 0.331 e. The third-order valence-corrected chi connectivity index (χ3v) is 5.44. The highest BCUT2D eigenvalue weighted by atomic mass is 31.2. The lowest BCUT2D eigenvalue weighted by atomic mass is 10.0. The molecule has 0 saturated heterocycles. The Kier molecular flexibility index (Phi) is 6.02. The molecule has 2 unspecified atom stereocenters. The molecule has 16 heavy (non-hydrogen) atoms. The summed E-state index contributed by atoms with van der Waals surface area (Å²) in [6.07, 6.45) is 7.73. The monoisotopic (exact) mass is 248 g/mol. The van der Waals surface area contributed by atoms with Crippen molar-refractivity contribution < 1.29 is 14.0 Å². The van der Waals surface area contributed by atoms with Gasteiger partial charge in [-0.15, -0.1) is 0 Å². The van der Waals surface area contributed by atoms with E-state index in [4.69, 9.17) is 4.52 Å². The standard InChI is InChI=1S/C12H25O3P/c1-3-8-11(4-2)15-16(13,14)12-9-6-5-7-10-12/h11-12H,3-10H2,1-2H3,(H,13,14). The molecule has 1 saturated carbocycles. The van der Waals surface area contributed by atoms with Crippen molar-refractivity contribution in [2.75, 3.05) is 0 Å². The second-order valence-corrected chi connectivity index (χ2v) is 6.85. The van der Waals surface area contributed by atoms with Gasteiger partial charge in [0.1, 0.15) is 0 Å². The van der Waals surface area contributed by atoms with Gasteiger partial charge in [-0.1, -0.05) is 39.5 Å². The molecule has 0 heterocycles.